The van der Waals surface area contributed by atoms with Gasteiger partial charge < -0.3 is 5.11 Å². The summed E-state index contributed by atoms with van der Waals surface area (Å²) in [5, 5.41) is 14.0. The van der Waals surface area contributed by atoms with Crippen molar-refractivity contribution >= 4 is 5.97 Å². The smallest absolute Gasteiger partial charge is 0.336 e. The Morgan fingerprint density at radius 3 is 2.46 bits per heavy atom. The normalized spacial score (nSPS) is 10.8. The Morgan fingerprint density at radius 2 is 1.81 bits per heavy atom. The summed E-state index contributed by atoms with van der Waals surface area (Å²) in [4.78, 5) is 16.0. The molecule has 5 nitrogen and oxygen atoms in total. The highest BCUT2D eigenvalue weighted by Crippen LogP contribution is 2.24. The van der Waals surface area contributed by atoms with Crippen LogP contribution in [-0.2, 0) is 19.4 Å². The van der Waals surface area contributed by atoms with E-state index < -0.39 is 5.97 Å². The SMILES string of the molecule is CCCc1nc(CC)nn1Cc1ccc(-c2ccccc2C(=O)O)cc1. The number of carboxylic acids is 1. The van der Waals surface area contributed by atoms with E-state index in [0.29, 0.717) is 12.1 Å². The van der Waals surface area contributed by atoms with Gasteiger partial charge in [-0.25, -0.2) is 14.5 Å². The minimum Gasteiger partial charge on any atom is -0.478 e. The van der Waals surface area contributed by atoms with Crippen molar-refractivity contribution in [3.63, 3.8) is 0 Å². The molecule has 26 heavy (non-hydrogen) atoms. The lowest BCUT2D eigenvalue weighted by atomic mass is 9.99. The highest BCUT2D eigenvalue weighted by molar-refractivity contribution is 5.95. The third-order valence-electron chi connectivity index (χ3n) is 4.34. The molecule has 0 unspecified atom stereocenters. The Morgan fingerprint density at radius 1 is 1.08 bits per heavy atom. The molecule has 1 N–H and O–H groups in total. The van der Waals surface area contributed by atoms with Gasteiger partial charge in [-0.05, 0) is 29.2 Å². The maximum absolute atomic E-state index is 11.4. The van der Waals surface area contributed by atoms with Crippen LogP contribution in [0.2, 0.25) is 0 Å². The van der Waals surface area contributed by atoms with Gasteiger partial charge in [0.05, 0.1) is 12.1 Å². The summed E-state index contributed by atoms with van der Waals surface area (Å²) >= 11 is 0. The monoisotopic (exact) mass is 349 g/mol. The summed E-state index contributed by atoms with van der Waals surface area (Å²) in [6.07, 6.45) is 2.78. The van der Waals surface area contributed by atoms with E-state index in [9.17, 15) is 9.90 Å². The minimum atomic E-state index is -0.913. The van der Waals surface area contributed by atoms with E-state index in [-0.39, 0.29) is 0 Å². The van der Waals surface area contributed by atoms with Gasteiger partial charge in [0.25, 0.3) is 0 Å². The second-order valence-corrected chi connectivity index (χ2v) is 6.25. The molecular weight excluding hydrogens is 326 g/mol. The van der Waals surface area contributed by atoms with E-state index in [2.05, 4.69) is 23.9 Å². The fraction of sp³-hybridized carbons (Fsp3) is 0.286. The molecule has 0 amide bonds. The first-order valence-electron chi connectivity index (χ1n) is 8.96. The van der Waals surface area contributed by atoms with Crippen molar-refractivity contribution in [3.05, 3.63) is 71.3 Å². The zero-order valence-corrected chi connectivity index (χ0v) is 15.1. The molecule has 2 aromatic carbocycles. The highest BCUT2D eigenvalue weighted by Gasteiger charge is 2.12. The van der Waals surface area contributed by atoms with Crippen molar-refractivity contribution in [2.75, 3.05) is 0 Å². The predicted octanol–water partition coefficient (Wildman–Crippen LogP) is 4.21. The first kappa shape index (κ1) is 17.9. The molecule has 0 spiro atoms. The minimum absolute atomic E-state index is 0.314. The second kappa shape index (κ2) is 7.95. The zero-order valence-electron chi connectivity index (χ0n) is 15.1. The Hall–Kier alpha value is -2.95. The molecule has 0 aliphatic rings. The van der Waals surface area contributed by atoms with Crippen LogP contribution in [0.15, 0.2) is 48.5 Å². The molecule has 1 aromatic heterocycles. The molecule has 1 heterocycles. The number of aromatic nitrogens is 3. The third-order valence-corrected chi connectivity index (χ3v) is 4.34. The van der Waals surface area contributed by atoms with Gasteiger partial charge in [0.15, 0.2) is 5.82 Å². The van der Waals surface area contributed by atoms with Gasteiger partial charge in [0.2, 0.25) is 0 Å². The molecule has 0 saturated heterocycles. The third kappa shape index (κ3) is 3.82. The first-order chi connectivity index (χ1) is 12.6. The van der Waals surface area contributed by atoms with E-state index in [0.717, 1.165) is 47.6 Å². The van der Waals surface area contributed by atoms with Gasteiger partial charge in [0.1, 0.15) is 5.82 Å². The number of aromatic carboxylic acids is 1. The molecule has 0 aliphatic carbocycles. The Kier molecular flexibility index (Phi) is 5.46. The Bertz CT molecular complexity index is 898. The summed E-state index contributed by atoms with van der Waals surface area (Å²) < 4.78 is 1.97. The van der Waals surface area contributed by atoms with Gasteiger partial charge >= 0.3 is 5.97 Å². The van der Waals surface area contributed by atoms with Crippen LogP contribution >= 0.6 is 0 Å². The predicted molar refractivity (Wildman–Crippen MR) is 101 cm³/mol. The van der Waals surface area contributed by atoms with Gasteiger partial charge in [-0.3, -0.25) is 0 Å². The molecule has 134 valence electrons. The molecule has 0 saturated carbocycles. The quantitative estimate of drug-likeness (QED) is 0.694. The van der Waals surface area contributed by atoms with Crippen molar-refractivity contribution in [1.29, 1.82) is 0 Å². The van der Waals surface area contributed by atoms with Crippen molar-refractivity contribution in [3.8, 4) is 11.1 Å². The van der Waals surface area contributed by atoms with Crippen molar-refractivity contribution in [2.45, 2.75) is 39.7 Å². The lowest BCUT2D eigenvalue weighted by Gasteiger charge is -2.09. The molecule has 0 aliphatic heterocycles. The Labute approximate surface area is 153 Å². The standard InChI is InChI=1S/C21H23N3O2/c1-3-7-20-22-19(4-2)23-24(20)14-15-10-12-16(13-11-15)17-8-5-6-9-18(17)21(25)26/h5-6,8-13H,3-4,7,14H2,1-2H3,(H,25,26). The van der Waals surface area contributed by atoms with Crippen LogP contribution in [0.1, 0.15) is 47.8 Å². The molecule has 5 heteroatoms. The average Bonchev–Trinajstić information content (AvgIpc) is 3.04. The van der Waals surface area contributed by atoms with E-state index in [1.165, 1.54) is 0 Å². The first-order valence-corrected chi connectivity index (χ1v) is 8.96. The number of aryl methyl sites for hydroxylation is 2. The molecule has 0 fully saturated rings. The topological polar surface area (TPSA) is 68.0 Å². The van der Waals surface area contributed by atoms with Gasteiger partial charge in [0, 0.05) is 12.8 Å². The maximum Gasteiger partial charge on any atom is 0.336 e. The van der Waals surface area contributed by atoms with Crippen molar-refractivity contribution < 1.29 is 9.90 Å². The number of hydrogen-bond donors (Lipinski definition) is 1. The van der Waals surface area contributed by atoms with Gasteiger partial charge in [-0.2, -0.15) is 5.10 Å². The zero-order chi connectivity index (χ0) is 18.5. The van der Waals surface area contributed by atoms with E-state index in [4.69, 9.17) is 0 Å². The lowest BCUT2D eigenvalue weighted by Crippen LogP contribution is -2.07. The van der Waals surface area contributed by atoms with Crippen LogP contribution < -0.4 is 0 Å². The Balaban J connectivity index is 1.85. The molecule has 0 bridgehead atoms. The molecule has 0 atom stereocenters. The molecule has 0 radical (unpaired) electrons. The van der Waals surface area contributed by atoms with E-state index in [1.807, 2.05) is 41.1 Å². The lowest BCUT2D eigenvalue weighted by molar-refractivity contribution is 0.0697. The van der Waals surface area contributed by atoms with Crippen LogP contribution in [0.3, 0.4) is 0 Å². The van der Waals surface area contributed by atoms with Crippen LogP contribution in [0, 0.1) is 0 Å². The number of nitrogens with zero attached hydrogens (tertiary/aromatic N) is 3. The molecule has 3 aromatic rings. The van der Waals surface area contributed by atoms with Gasteiger partial charge in [-0.1, -0.05) is 56.3 Å². The van der Waals surface area contributed by atoms with Crippen molar-refractivity contribution in [1.82, 2.24) is 14.8 Å². The fourth-order valence-corrected chi connectivity index (χ4v) is 3.00. The van der Waals surface area contributed by atoms with Crippen LogP contribution in [0.5, 0.6) is 0 Å². The fourth-order valence-electron chi connectivity index (χ4n) is 3.00. The van der Waals surface area contributed by atoms with E-state index >= 15 is 0 Å². The number of hydrogen-bond acceptors (Lipinski definition) is 3. The summed E-state index contributed by atoms with van der Waals surface area (Å²) in [6.45, 7) is 4.87. The second-order valence-electron chi connectivity index (χ2n) is 6.25. The number of benzene rings is 2. The maximum atomic E-state index is 11.4. The molecule has 3 rings (SSSR count). The summed E-state index contributed by atoms with van der Waals surface area (Å²) in [7, 11) is 0. The molecular formula is C21H23N3O2. The summed E-state index contributed by atoms with van der Waals surface area (Å²) in [5.74, 6) is 0.980. The van der Waals surface area contributed by atoms with Gasteiger partial charge in [-0.15, -0.1) is 0 Å². The number of rotatable bonds is 7. The number of carboxylic acid groups (broad SMARTS) is 1. The van der Waals surface area contributed by atoms with Crippen molar-refractivity contribution in [2.24, 2.45) is 0 Å². The largest absolute Gasteiger partial charge is 0.478 e. The van der Waals surface area contributed by atoms with Crippen LogP contribution in [0.4, 0.5) is 0 Å². The van der Waals surface area contributed by atoms with Crippen LogP contribution in [0.25, 0.3) is 11.1 Å². The van der Waals surface area contributed by atoms with E-state index in [1.54, 1.807) is 12.1 Å². The average molecular weight is 349 g/mol. The summed E-state index contributed by atoms with van der Waals surface area (Å²) in [6, 6.07) is 15.0. The summed E-state index contributed by atoms with van der Waals surface area (Å²) in [5.41, 5.74) is 3.06. The number of carbonyl (C=O) groups is 1. The van der Waals surface area contributed by atoms with Crippen LogP contribution in [-0.4, -0.2) is 25.8 Å². The highest BCUT2D eigenvalue weighted by atomic mass is 16.4.